The zero-order chi connectivity index (χ0) is 30.8. The summed E-state index contributed by atoms with van der Waals surface area (Å²) in [6.07, 6.45) is 2.06. The lowest BCUT2D eigenvalue weighted by molar-refractivity contribution is 0.348. The van der Waals surface area contributed by atoms with E-state index in [1.165, 1.54) is 21.4 Å². The SMILES string of the molecule is CC(C)(C)c1ccn(C(C)(C)C)n1.CC(C)(C)c1csc(C(C)(C)C)n1.CC(C)(C)c1csc(C(C)(C)C)n1. The fraction of sp³-hybridized carbons (Fsp3) is 0.727. The second-order valence-electron chi connectivity index (χ2n) is 16.6. The first-order valence-corrected chi connectivity index (χ1v) is 15.9. The third-order valence-corrected chi connectivity index (χ3v) is 8.41. The Morgan fingerprint density at radius 2 is 0.821 bits per heavy atom. The Labute approximate surface area is 249 Å². The Balaban J connectivity index is 0.000000292. The molecule has 3 rings (SSSR count). The summed E-state index contributed by atoms with van der Waals surface area (Å²) in [6.45, 7) is 39.5. The highest BCUT2D eigenvalue weighted by atomic mass is 32.1. The summed E-state index contributed by atoms with van der Waals surface area (Å²) in [4.78, 5) is 9.34. The van der Waals surface area contributed by atoms with Crippen molar-refractivity contribution in [2.24, 2.45) is 0 Å². The Hall–Kier alpha value is -1.53. The van der Waals surface area contributed by atoms with Crippen molar-refractivity contribution in [1.29, 1.82) is 0 Å². The van der Waals surface area contributed by atoms with Crippen molar-refractivity contribution >= 4 is 22.7 Å². The van der Waals surface area contributed by atoms with E-state index in [9.17, 15) is 0 Å². The topological polar surface area (TPSA) is 43.6 Å². The van der Waals surface area contributed by atoms with E-state index >= 15 is 0 Å². The van der Waals surface area contributed by atoms with Crippen LogP contribution in [0.5, 0.6) is 0 Å². The summed E-state index contributed by atoms with van der Waals surface area (Å²) in [5.41, 5.74) is 4.55. The number of rotatable bonds is 0. The quantitative estimate of drug-likeness (QED) is 0.268. The maximum absolute atomic E-state index is 4.67. The molecule has 4 nitrogen and oxygen atoms in total. The molecule has 0 spiro atoms. The van der Waals surface area contributed by atoms with E-state index in [0.717, 1.165) is 5.69 Å². The summed E-state index contributed by atoms with van der Waals surface area (Å²) in [5.74, 6) is 0. The summed E-state index contributed by atoms with van der Waals surface area (Å²) >= 11 is 3.54. The van der Waals surface area contributed by atoms with Crippen molar-refractivity contribution in [3.05, 3.63) is 50.1 Å². The number of thiazole rings is 2. The molecule has 0 aliphatic carbocycles. The zero-order valence-electron chi connectivity index (χ0n) is 28.4. The number of hydrogen-bond donors (Lipinski definition) is 0. The molecule has 6 heteroatoms. The van der Waals surface area contributed by atoms with Gasteiger partial charge >= 0.3 is 0 Å². The van der Waals surface area contributed by atoms with Gasteiger partial charge in [-0.05, 0) is 26.8 Å². The van der Waals surface area contributed by atoms with Gasteiger partial charge in [0.2, 0.25) is 0 Å². The number of aromatic nitrogens is 4. The van der Waals surface area contributed by atoms with Gasteiger partial charge in [-0.1, -0.05) is 104 Å². The van der Waals surface area contributed by atoms with Crippen molar-refractivity contribution in [2.75, 3.05) is 0 Å². The van der Waals surface area contributed by atoms with Crippen LogP contribution in [0.25, 0.3) is 0 Å². The molecule has 0 aromatic carbocycles. The molecular formula is C33H58N4S2. The lowest BCUT2D eigenvalue weighted by Crippen LogP contribution is -2.23. The number of hydrogen-bond acceptors (Lipinski definition) is 5. The van der Waals surface area contributed by atoms with Gasteiger partial charge in [-0.15, -0.1) is 22.7 Å². The number of nitrogens with zero attached hydrogens (tertiary/aromatic N) is 4. The third kappa shape index (κ3) is 11.5. The van der Waals surface area contributed by atoms with Crippen LogP contribution < -0.4 is 0 Å². The molecule has 0 N–H and O–H groups in total. The molecular weight excluding hydrogens is 517 g/mol. The molecule has 222 valence electrons. The van der Waals surface area contributed by atoms with E-state index in [1.807, 2.05) is 4.68 Å². The van der Waals surface area contributed by atoms with Gasteiger partial charge in [0.1, 0.15) is 0 Å². The van der Waals surface area contributed by atoms with Gasteiger partial charge < -0.3 is 0 Å². The van der Waals surface area contributed by atoms with E-state index in [-0.39, 0.29) is 32.6 Å². The average Bonchev–Trinajstić information content (AvgIpc) is 3.45. The van der Waals surface area contributed by atoms with Crippen molar-refractivity contribution in [3.8, 4) is 0 Å². The molecule has 39 heavy (non-hydrogen) atoms. The van der Waals surface area contributed by atoms with Crippen molar-refractivity contribution in [1.82, 2.24) is 19.7 Å². The minimum atomic E-state index is 0.0868. The minimum absolute atomic E-state index is 0.0868. The summed E-state index contributed by atoms with van der Waals surface area (Å²) in [6, 6.07) is 2.10. The molecule has 0 fully saturated rings. The summed E-state index contributed by atoms with van der Waals surface area (Å²) < 4.78 is 2.02. The van der Waals surface area contributed by atoms with E-state index in [4.69, 9.17) is 0 Å². The highest BCUT2D eigenvalue weighted by molar-refractivity contribution is 7.10. The van der Waals surface area contributed by atoms with Crippen molar-refractivity contribution in [3.63, 3.8) is 0 Å². The molecule has 0 aliphatic heterocycles. The van der Waals surface area contributed by atoms with Crippen LogP contribution in [0.3, 0.4) is 0 Å². The maximum Gasteiger partial charge on any atom is 0.0982 e. The molecule has 0 amide bonds. The Bertz CT molecular complexity index is 919. The maximum atomic E-state index is 4.67. The van der Waals surface area contributed by atoms with Gasteiger partial charge in [-0.2, -0.15) is 5.10 Å². The van der Waals surface area contributed by atoms with Crippen LogP contribution in [-0.2, 0) is 32.6 Å². The lowest BCUT2D eigenvalue weighted by Gasteiger charge is -2.20. The molecule has 0 atom stereocenters. The Morgan fingerprint density at radius 3 is 0.974 bits per heavy atom. The van der Waals surface area contributed by atoms with Gasteiger partial charge in [0.05, 0.1) is 32.6 Å². The van der Waals surface area contributed by atoms with Gasteiger partial charge in [-0.3, -0.25) is 4.68 Å². The Kier molecular flexibility index (Phi) is 11.1. The van der Waals surface area contributed by atoms with Crippen LogP contribution in [0.15, 0.2) is 23.0 Å². The fourth-order valence-corrected chi connectivity index (χ4v) is 5.29. The van der Waals surface area contributed by atoms with Crippen LogP contribution in [0.4, 0.5) is 0 Å². The predicted molar refractivity (Wildman–Crippen MR) is 175 cm³/mol. The van der Waals surface area contributed by atoms with Crippen LogP contribution in [0.1, 0.15) is 152 Å². The van der Waals surface area contributed by atoms with Crippen LogP contribution in [-0.4, -0.2) is 19.7 Å². The summed E-state index contributed by atoms with van der Waals surface area (Å²) in [7, 11) is 0. The highest BCUT2D eigenvalue weighted by Gasteiger charge is 2.24. The smallest absolute Gasteiger partial charge is 0.0982 e. The molecule has 3 aromatic rings. The van der Waals surface area contributed by atoms with E-state index < -0.39 is 0 Å². The molecule has 0 bridgehead atoms. The van der Waals surface area contributed by atoms with Gasteiger partial charge in [0, 0.05) is 44.0 Å². The first-order valence-electron chi connectivity index (χ1n) is 14.1. The molecule has 0 aliphatic rings. The molecule has 3 aromatic heterocycles. The monoisotopic (exact) mass is 574 g/mol. The van der Waals surface area contributed by atoms with Gasteiger partial charge in [0.25, 0.3) is 0 Å². The van der Waals surface area contributed by atoms with E-state index in [1.54, 1.807) is 22.7 Å². The zero-order valence-corrected chi connectivity index (χ0v) is 30.0. The molecule has 0 radical (unpaired) electrons. The standard InChI is InChI=1S/C11H20N2.2C11H19NS/c1-10(2,3)9-7-8-13(12-9)11(4,5)6;2*1-10(2,3)8-7-13-9(12-8)11(4,5)6/h7-8H,1-6H3;2*7H,1-6H3. The fourth-order valence-electron chi connectivity index (χ4n) is 3.02. The van der Waals surface area contributed by atoms with Gasteiger partial charge in [-0.25, -0.2) is 9.97 Å². The van der Waals surface area contributed by atoms with Crippen LogP contribution in [0.2, 0.25) is 0 Å². The van der Waals surface area contributed by atoms with E-state index in [2.05, 4.69) is 163 Å². The average molecular weight is 575 g/mol. The van der Waals surface area contributed by atoms with Crippen LogP contribution in [0, 0.1) is 0 Å². The molecule has 0 saturated heterocycles. The van der Waals surface area contributed by atoms with Crippen molar-refractivity contribution in [2.45, 2.75) is 157 Å². The lowest BCUT2D eigenvalue weighted by atomic mass is 9.92. The normalized spacial score (nSPS) is 13.4. The van der Waals surface area contributed by atoms with Crippen molar-refractivity contribution < 1.29 is 0 Å². The van der Waals surface area contributed by atoms with Crippen LogP contribution >= 0.6 is 22.7 Å². The van der Waals surface area contributed by atoms with E-state index in [0.29, 0.717) is 0 Å². The predicted octanol–water partition coefficient (Wildman–Crippen LogP) is 10.4. The first-order chi connectivity index (χ1) is 17.1. The minimum Gasteiger partial charge on any atom is -0.267 e. The highest BCUT2D eigenvalue weighted by Crippen LogP contribution is 2.31. The largest absolute Gasteiger partial charge is 0.267 e. The molecule has 3 heterocycles. The second kappa shape index (κ2) is 12.1. The first kappa shape index (κ1) is 35.5. The second-order valence-corrected chi connectivity index (χ2v) is 18.4. The van der Waals surface area contributed by atoms with Gasteiger partial charge in [0.15, 0.2) is 0 Å². The third-order valence-electron chi connectivity index (χ3n) is 5.87. The summed E-state index contributed by atoms with van der Waals surface area (Å²) in [5, 5.41) is 11.4. The molecule has 0 saturated carbocycles. The Morgan fingerprint density at radius 1 is 0.487 bits per heavy atom. The molecule has 0 unspecified atom stereocenters.